The van der Waals surface area contributed by atoms with Gasteiger partial charge in [-0.3, -0.25) is 19.3 Å². The molecule has 1 aromatic heterocycles. The average molecular weight is 390 g/mol. The number of rotatable bonds is 4. The third kappa shape index (κ3) is 4.18. The summed E-state index contributed by atoms with van der Waals surface area (Å²) in [4.78, 5) is 37.6. The highest BCUT2D eigenvalue weighted by Gasteiger charge is 2.36. The van der Waals surface area contributed by atoms with Crippen molar-refractivity contribution in [2.24, 2.45) is 0 Å². The first-order valence-corrected chi connectivity index (χ1v) is 8.54. The Balaban J connectivity index is 2.09. The Bertz CT molecular complexity index is 623. The summed E-state index contributed by atoms with van der Waals surface area (Å²) < 4.78 is 5.86. The van der Waals surface area contributed by atoms with Gasteiger partial charge in [0.25, 0.3) is 11.1 Å². The van der Waals surface area contributed by atoms with Gasteiger partial charge in [-0.2, -0.15) is 0 Å². The SMILES string of the molecule is CC(C)OC(=O)CN1C(=O)S/C(=C/c2cc(Br)cs2)C1=O. The minimum Gasteiger partial charge on any atom is -0.462 e. The molecule has 0 bridgehead atoms. The maximum absolute atomic E-state index is 12.1. The molecular weight excluding hydrogens is 378 g/mol. The van der Waals surface area contributed by atoms with Gasteiger partial charge in [0.2, 0.25) is 0 Å². The van der Waals surface area contributed by atoms with Crippen LogP contribution in [0, 0.1) is 0 Å². The van der Waals surface area contributed by atoms with Crippen molar-refractivity contribution >= 4 is 62.2 Å². The van der Waals surface area contributed by atoms with E-state index in [1.807, 2.05) is 11.4 Å². The summed E-state index contributed by atoms with van der Waals surface area (Å²) in [6, 6.07) is 1.85. The number of hydrogen-bond donors (Lipinski definition) is 0. The highest BCUT2D eigenvalue weighted by atomic mass is 79.9. The number of thioether (sulfide) groups is 1. The van der Waals surface area contributed by atoms with Crippen molar-refractivity contribution in [1.82, 2.24) is 4.90 Å². The third-order valence-corrected chi connectivity index (χ3v) is 4.94. The van der Waals surface area contributed by atoms with Crippen LogP contribution >= 0.6 is 39.0 Å². The number of nitrogens with zero attached hydrogens (tertiary/aromatic N) is 1. The van der Waals surface area contributed by atoms with Crippen LogP contribution in [0.2, 0.25) is 0 Å². The Morgan fingerprint density at radius 1 is 1.48 bits per heavy atom. The summed E-state index contributed by atoms with van der Waals surface area (Å²) in [5.74, 6) is -1.05. The normalized spacial score (nSPS) is 17.1. The molecule has 2 rings (SSSR count). The lowest BCUT2D eigenvalue weighted by atomic mass is 10.3. The van der Waals surface area contributed by atoms with E-state index in [2.05, 4.69) is 15.9 Å². The van der Waals surface area contributed by atoms with E-state index in [-0.39, 0.29) is 12.6 Å². The lowest BCUT2D eigenvalue weighted by Gasteiger charge is -2.13. The number of ether oxygens (including phenoxy) is 1. The van der Waals surface area contributed by atoms with E-state index in [0.717, 1.165) is 26.0 Å². The zero-order valence-corrected chi connectivity index (χ0v) is 14.5. The second kappa shape index (κ2) is 6.76. The molecule has 112 valence electrons. The van der Waals surface area contributed by atoms with Crippen LogP contribution in [0.3, 0.4) is 0 Å². The van der Waals surface area contributed by atoms with Crippen LogP contribution in [-0.4, -0.2) is 34.7 Å². The summed E-state index contributed by atoms with van der Waals surface area (Å²) in [5, 5.41) is 1.43. The molecule has 0 N–H and O–H groups in total. The van der Waals surface area contributed by atoms with E-state index in [1.54, 1.807) is 19.9 Å². The highest BCUT2D eigenvalue weighted by molar-refractivity contribution is 9.10. The molecule has 1 aromatic rings. The smallest absolute Gasteiger partial charge is 0.326 e. The number of hydrogen-bond acceptors (Lipinski definition) is 6. The Morgan fingerprint density at radius 2 is 2.19 bits per heavy atom. The fraction of sp³-hybridized carbons (Fsp3) is 0.308. The Hall–Kier alpha value is -1.12. The number of carbonyl (C=O) groups excluding carboxylic acids is 3. The molecule has 0 saturated carbocycles. The minimum absolute atomic E-state index is 0.281. The van der Waals surface area contributed by atoms with Crippen molar-refractivity contribution < 1.29 is 19.1 Å². The van der Waals surface area contributed by atoms with Gasteiger partial charge in [-0.05, 0) is 53.7 Å². The van der Waals surface area contributed by atoms with E-state index >= 15 is 0 Å². The molecule has 1 fully saturated rings. The molecule has 0 radical (unpaired) electrons. The molecule has 5 nitrogen and oxygen atoms in total. The van der Waals surface area contributed by atoms with E-state index in [0.29, 0.717) is 4.91 Å². The summed E-state index contributed by atoms with van der Waals surface area (Å²) in [5.41, 5.74) is 0. The van der Waals surface area contributed by atoms with Gasteiger partial charge in [-0.1, -0.05) is 0 Å². The average Bonchev–Trinajstić information content (AvgIpc) is 2.88. The lowest BCUT2D eigenvalue weighted by molar-refractivity contribution is -0.149. The summed E-state index contributed by atoms with van der Waals surface area (Å²) in [6.45, 7) is 3.06. The van der Waals surface area contributed by atoms with Gasteiger partial charge in [0.15, 0.2) is 0 Å². The van der Waals surface area contributed by atoms with Crippen LogP contribution in [0.15, 0.2) is 20.8 Å². The monoisotopic (exact) mass is 389 g/mol. The number of thiophene rings is 1. The molecule has 0 unspecified atom stereocenters. The van der Waals surface area contributed by atoms with Crippen molar-refractivity contribution in [1.29, 1.82) is 0 Å². The Labute approximate surface area is 138 Å². The van der Waals surface area contributed by atoms with Crippen molar-refractivity contribution in [2.45, 2.75) is 20.0 Å². The van der Waals surface area contributed by atoms with E-state index < -0.39 is 17.1 Å². The topological polar surface area (TPSA) is 63.7 Å². The molecule has 0 atom stereocenters. The lowest BCUT2D eigenvalue weighted by Crippen LogP contribution is -2.35. The maximum Gasteiger partial charge on any atom is 0.326 e. The molecular formula is C13H12BrNO4S2. The van der Waals surface area contributed by atoms with Crippen LogP contribution < -0.4 is 0 Å². The van der Waals surface area contributed by atoms with Gasteiger partial charge in [0.1, 0.15) is 6.54 Å². The molecule has 0 aliphatic carbocycles. The van der Waals surface area contributed by atoms with Crippen LogP contribution in [0.5, 0.6) is 0 Å². The molecule has 21 heavy (non-hydrogen) atoms. The molecule has 8 heteroatoms. The van der Waals surface area contributed by atoms with Gasteiger partial charge in [0, 0.05) is 14.7 Å². The minimum atomic E-state index is -0.590. The van der Waals surface area contributed by atoms with Gasteiger partial charge < -0.3 is 4.74 Å². The fourth-order valence-electron chi connectivity index (χ4n) is 1.60. The van der Waals surface area contributed by atoms with Crippen LogP contribution in [0.25, 0.3) is 6.08 Å². The predicted octanol–water partition coefficient (Wildman–Crippen LogP) is 3.50. The zero-order chi connectivity index (χ0) is 15.6. The van der Waals surface area contributed by atoms with Gasteiger partial charge in [-0.25, -0.2) is 0 Å². The van der Waals surface area contributed by atoms with E-state index in [4.69, 9.17) is 4.74 Å². The third-order valence-electron chi connectivity index (χ3n) is 2.39. The van der Waals surface area contributed by atoms with Crippen LogP contribution in [0.4, 0.5) is 4.79 Å². The molecule has 1 aliphatic rings. The second-order valence-electron chi connectivity index (χ2n) is 4.47. The number of esters is 1. The number of imide groups is 1. The summed E-state index contributed by atoms with van der Waals surface area (Å²) >= 11 is 5.61. The standard InChI is InChI=1S/C13H12BrNO4S2/c1-7(2)19-11(16)5-15-12(17)10(21-13(15)18)4-9-3-8(14)6-20-9/h3-4,6-7H,5H2,1-2H3/b10-4+. The second-order valence-corrected chi connectivity index (χ2v) is 7.33. The van der Waals surface area contributed by atoms with Crippen molar-refractivity contribution in [3.05, 3.63) is 25.7 Å². The maximum atomic E-state index is 12.1. The molecule has 2 amide bonds. The molecule has 0 aromatic carbocycles. The van der Waals surface area contributed by atoms with E-state index in [1.165, 1.54) is 11.3 Å². The molecule has 2 heterocycles. The molecule has 1 aliphatic heterocycles. The Morgan fingerprint density at radius 3 is 2.76 bits per heavy atom. The van der Waals surface area contributed by atoms with Crippen molar-refractivity contribution in [3.8, 4) is 0 Å². The van der Waals surface area contributed by atoms with Crippen molar-refractivity contribution in [3.63, 3.8) is 0 Å². The fourth-order valence-corrected chi connectivity index (χ4v) is 3.88. The first-order chi connectivity index (χ1) is 9.86. The predicted molar refractivity (Wildman–Crippen MR) is 85.9 cm³/mol. The summed E-state index contributed by atoms with van der Waals surface area (Å²) in [7, 11) is 0. The number of halogens is 1. The van der Waals surface area contributed by atoms with Crippen LogP contribution in [0.1, 0.15) is 18.7 Å². The first kappa shape index (κ1) is 16.3. The number of carbonyl (C=O) groups is 3. The zero-order valence-electron chi connectivity index (χ0n) is 11.3. The first-order valence-electron chi connectivity index (χ1n) is 6.05. The summed E-state index contributed by atoms with van der Waals surface area (Å²) in [6.07, 6.45) is 1.37. The Kier molecular flexibility index (Phi) is 5.23. The quantitative estimate of drug-likeness (QED) is 0.582. The highest BCUT2D eigenvalue weighted by Crippen LogP contribution is 2.33. The molecule has 1 saturated heterocycles. The molecule has 0 spiro atoms. The van der Waals surface area contributed by atoms with Crippen LogP contribution in [-0.2, 0) is 14.3 Å². The van der Waals surface area contributed by atoms with Gasteiger partial charge in [-0.15, -0.1) is 11.3 Å². The van der Waals surface area contributed by atoms with Gasteiger partial charge >= 0.3 is 5.97 Å². The largest absolute Gasteiger partial charge is 0.462 e. The van der Waals surface area contributed by atoms with E-state index in [9.17, 15) is 14.4 Å². The van der Waals surface area contributed by atoms with Gasteiger partial charge in [0.05, 0.1) is 11.0 Å². The van der Waals surface area contributed by atoms with Crippen molar-refractivity contribution in [2.75, 3.05) is 6.54 Å². The number of amides is 2.